The maximum Gasteiger partial charge on any atom is 0.324 e. The molecular formula is C24H26ClNO2S. The molecule has 0 saturated carbocycles. The molecule has 0 aliphatic heterocycles. The number of rotatable bonds is 6. The van der Waals surface area contributed by atoms with Gasteiger partial charge in [0.25, 0.3) is 0 Å². The SMILES string of the molecule is CC(C)(C)CNc1ccc(Cl)cc1SC(C)(C(=O)O)c1cccc2ccccc12. The van der Waals surface area contributed by atoms with Gasteiger partial charge in [-0.05, 0) is 46.9 Å². The Balaban J connectivity index is 2.08. The molecule has 5 heteroatoms. The minimum Gasteiger partial charge on any atom is -0.480 e. The Labute approximate surface area is 181 Å². The summed E-state index contributed by atoms with van der Waals surface area (Å²) in [6, 6.07) is 19.3. The van der Waals surface area contributed by atoms with E-state index in [1.165, 1.54) is 11.8 Å². The zero-order chi connectivity index (χ0) is 21.2. The van der Waals surface area contributed by atoms with Gasteiger partial charge in [0.15, 0.2) is 0 Å². The number of thioether (sulfide) groups is 1. The summed E-state index contributed by atoms with van der Waals surface area (Å²) in [5, 5.41) is 16.3. The highest BCUT2D eigenvalue weighted by Crippen LogP contribution is 2.47. The lowest BCUT2D eigenvalue weighted by atomic mass is 9.94. The van der Waals surface area contributed by atoms with Crippen molar-refractivity contribution in [2.75, 3.05) is 11.9 Å². The molecule has 152 valence electrons. The number of hydrogen-bond acceptors (Lipinski definition) is 3. The number of nitrogens with one attached hydrogen (secondary N) is 1. The average molecular weight is 428 g/mol. The van der Waals surface area contributed by atoms with Gasteiger partial charge in [0, 0.05) is 22.2 Å². The van der Waals surface area contributed by atoms with E-state index in [-0.39, 0.29) is 5.41 Å². The number of aliphatic carboxylic acids is 1. The average Bonchev–Trinajstić information content (AvgIpc) is 2.66. The van der Waals surface area contributed by atoms with Crippen molar-refractivity contribution < 1.29 is 9.90 Å². The maximum absolute atomic E-state index is 12.5. The third-order valence-corrected chi connectivity index (χ3v) is 6.37. The monoisotopic (exact) mass is 427 g/mol. The van der Waals surface area contributed by atoms with Crippen LogP contribution < -0.4 is 5.32 Å². The number of benzene rings is 3. The normalized spacial score (nSPS) is 13.8. The lowest BCUT2D eigenvalue weighted by molar-refractivity contribution is -0.139. The van der Waals surface area contributed by atoms with E-state index in [9.17, 15) is 9.90 Å². The van der Waals surface area contributed by atoms with Gasteiger partial charge < -0.3 is 10.4 Å². The number of carboxylic acid groups (broad SMARTS) is 1. The molecule has 0 radical (unpaired) electrons. The first-order chi connectivity index (χ1) is 13.6. The first kappa shape index (κ1) is 21.5. The fourth-order valence-electron chi connectivity index (χ4n) is 3.16. The van der Waals surface area contributed by atoms with Crippen LogP contribution in [0.15, 0.2) is 65.6 Å². The fourth-order valence-corrected chi connectivity index (χ4v) is 4.65. The quantitative estimate of drug-likeness (QED) is 0.414. The molecule has 1 atom stereocenters. The molecule has 0 fully saturated rings. The van der Waals surface area contributed by atoms with Gasteiger partial charge in [-0.2, -0.15) is 0 Å². The first-order valence-corrected chi connectivity index (χ1v) is 10.7. The molecule has 2 N–H and O–H groups in total. The second-order valence-electron chi connectivity index (χ2n) is 8.52. The van der Waals surface area contributed by atoms with Crippen LogP contribution in [0.1, 0.15) is 33.3 Å². The van der Waals surface area contributed by atoms with Crippen LogP contribution in [0.4, 0.5) is 5.69 Å². The van der Waals surface area contributed by atoms with Gasteiger partial charge in [0.1, 0.15) is 4.75 Å². The summed E-state index contributed by atoms with van der Waals surface area (Å²) in [6.45, 7) is 8.98. The summed E-state index contributed by atoms with van der Waals surface area (Å²) in [4.78, 5) is 13.3. The smallest absolute Gasteiger partial charge is 0.324 e. The molecule has 3 rings (SSSR count). The van der Waals surface area contributed by atoms with Gasteiger partial charge in [0.05, 0.1) is 0 Å². The molecule has 1 unspecified atom stereocenters. The molecule has 0 aliphatic rings. The van der Waals surface area contributed by atoms with Crippen LogP contribution in [-0.2, 0) is 9.54 Å². The highest BCUT2D eigenvalue weighted by atomic mass is 35.5. The lowest BCUT2D eigenvalue weighted by Gasteiger charge is -2.28. The molecule has 0 aromatic heterocycles. The summed E-state index contributed by atoms with van der Waals surface area (Å²) in [6.07, 6.45) is 0. The Hall–Kier alpha value is -2.17. The maximum atomic E-state index is 12.5. The number of halogens is 1. The van der Waals surface area contributed by atoms with Crippen LogP contribution in [0.3, 0.4) is 0 Å². The minimum absolute atomic E-state index is 0.0906. The van der Waals surface area contributed by atoms with Crippen LogP contribution in [0.25, 0.3) is 10.8 Å². The van der Waals surface area contributed by atoms with Gasteiger partial charge in [-0.15, -0.1) is 11.8 Å². The standard InChI is InChI=1S/C24H26ClNO2S/c1-23(2,3)15-26-20-13-12-17(25)14-21(20)29-24(4,22(27)28)19-11-7-9-16-8-5-6-10-18(16)19/h5-14,26H,15H2,1-4H3,(H,27,28). The van der Waals surface area contributed by atoms with Crippen molar-refractivity contribution in [3.8, 4) is 0 Å². The fraction of sp³-hybridized carbons (Fsp3) is 0.292. The van der Waals surface area contributed by atoms with Gasteiger partial charge in [-0.25, -0.2) is 0 Å². The Morgan fingerprint density at radius 3 is 2.41 bits per heavy atom. The summed E-state index contributed by atoms with van der Waals surface area (Å²) in [7, 11) is 0. The predicted molar refractivity (Wildman–Crippen MR) is 124 cm³/mol. The van der Waals surface area contributed by atoms with Crippen LogP contribution in [-0.4, -0.2) is 17.6 Å². The molecule has 0 saturated heterocycles. The number of hydrogen-bond donors (Lipinski definition) is 2. The van der Waals surface area contributed by atoms with E-state index < -0.39 is 10.7 Å². The molecule has 0 amide bonds. The molecule has 0 aliphatic carbocycles. The second-order valence-corrected chi connectivity index (χ2v) is 10.4. The van der Waals surface area contributed by atoms with Crippen molar-refractivity contribution in [2.45, 2.75) is 37.3 Å². The van der Waals surface area contributed by atoms with E-state index in [1.54, 1.807) is 6.92 Å². The summed E-state index contributed by atoms with van der Waals surface area (Å²) >= 11 is 7.58. The zero-order valence-corrected chi connectivity index (χ0v) is 18.7. The Morgan fingerprint density at radius 2 is 1.72 bits per heavy atom. The second kappa shape index (κ2) is 8.29. The van der Waals surface area contributed by atoms with E-state index in [4.69, 9.17) is 11.6 Å². The van der Waals surface area contributed by atoms with Crippen LogP contribution >= 0.6 is 23.4 Å². The van der Waals surface area contributed by atoms with Crippen molar-refractivity contribution in [1.29, 1.82) is 0 Å². The number of anilines is 1. The molecule has 0 spiro atoms. The highest BCUT2D eigenvalue weighted by Gasteiger charge is 2.38. The Bertz CT molecular complexity index is 1040. The molecule has 29 heavy (non-hydrogen) atoms. The van der Waals surface area contributed by atoms with Gasteiger partial charge in [-0.1, -0.05) is 74.8 Å². The Morgan fingerprint density at radius 1 is 1.03 bits per heavy atom. The van der Waals surface area contributed by atoms with Crippen LogP contribution in [0.5, 0.6) is 0 Å². The number of carbonyl (C=O) groups is 1. The van der Waals surface area contributed by atoms with Crippen molar-refractivity contribution in [3.63, 3.8) is 0 Å². The molecular weight excluding hydrogens is 402 g/mol. The van der Waals surface area contributed by atoms with Crippen molar-refractivity contribution in [2.24, 2.45) is 5.41 Å². The Kier molecular flexibility index (Phi) is 6.16. The van der Waals surface area contributed by atoms with E-state index in [1.807, 2.05) is 60.7 Å². The first-order valence-electron chi connectivity index (χ1n) is 9.54. The molecule has 3 aromatic carbocycles. The molecule has 3 nitrogen and oxygen atoms in total. The van der Waals surface area contributed by atoms with E-state index >= 15 is 0 Å². The van der Waals surface area contributed by atoms with Crippen molar-refractivity contribution in [3.05, 3.63) is 71.2 Å². The van der Waals surface area contributed by atoms with Gasteiger partial charge in [0.2, 0.25) is 0 Å². The third-order valence-electron chi connectivity index (χ3n) is 4.78. The third kappa shape index (κ3) is 4.88. The van der Waals surface area contributed by atoms with Gasteiger partial charge >= 0.3 is 5.97 Å². The minimum atomic E-state index is -1.18. The van der Waals surface area contributed by atoms with E-state index in [0.29, 0.717) is 5.02 Å². The van der Waals surface area contributed by atoms with E-state index in [0.717, 1.165) is 33.5 Å². The van der Waals surface area contributed by atoms with Crippen LogP contribution in [0, 0.1) is 5.41 Å². The van der Waals surface area contributed by atoms with E-state index in [2.05, 4.69) is 26.1 Å². The summed E-state index contributed by atoms with van der Waals surface area (Å²) in [5.41, 5.74) is 1.75. The molecule has 3 aromatic rings. The number of fused-ring (bicyclic) bond motifs is 1. The van der Waals surface area contributed by atoms with Crippen molar-refractivity contribution >= 4 is 45.8 Å². The van der Waals surface area contributed by atoms with Gasteiger partial charge in [-0.3, -0.25) is 4.79 Å². The number of carboxylic acids is 1. The highest BCUT2D eigenvalue weighted by molar-refractivity contribution is 8.01. The molecule has 0 heterocycles. The topological polar surface area (TPSA) is 49.3 Å². The molecule has 0 bridgehead atoms. The summed E-state index contributed by atoms with van der Waals surface area (Å²) < 4.78 is -1.18. The largest absolute Gasteiger partial charge is 0.480 e. The zero-order valence-electron chi connectivity index (χ0n) is 17.1. The summed E-state index contributed by atoms with van der Waals surface area (Å²) in [5.74, 6) is -0.888. The lowest BCUT2D eigenvalue weighted by Crippen LogP contribution is -2.29. The van der Waals surface area contributed by atoms with Crippen LogP contribution in [0.2, 0.25) is 5.02 Å². The predicted octanol–water partition coefficient (Wildman–Crippen LogP) is 7.04. The van der Waals surface area contributed by atoms with Crippen molar-refractivity contribution in [1.82, 2.24) is 0 Å².